The van der Waals surface area contributed by atoms with E-state index in [1.807, 2.05) is 13.8 Å². The second-order valence-electron chi connectivity index (χ2n) is 7.21. The molecule has 2 amide bonds. The van der Waals surface area contributed by atoms with E-state index in [4.69, 9.17) is 9.47 Å². The Balaban J connectivity index is 1.66. The molecular formula is C24H25N3O6S. The second kappa shape index (κ2) is 10.7. The van der Waals surface area contributed by atoms with Gasteiger partial charge in [0.1, 0.15) is 0 Å². The van der Waals surface area contributed by atoms with Crippen molar-refractivity contribution in [3.63, 3.8) is 0 Å². The minimum atomic E-state index is -3.82. The number of hydrogen-bond donors (Lipinski definition) is 3. The maximum absolute atomic E-state index is 12.6. The van der Waals surface area contributed by atoms with Gasteiger partial charge in [-0.25, -0.2) is 8.42 Å². The molecule has 0 aliphatic rings. The first kappa shape index (κ1) is 24.6. The van der Waals surface area contributed by atoms with Gasteiger partial charge in [0, 0.05) is 16.8 Å². The van der Waals surface area contributed by atoms with Crippen molar-refractivity contribution in [1.29, 1.82) is 0 Å². The lowest BCUT2D eigenvalue weighted by Crippen LogP contribution is -2.41. The summed E-state index contributed by atoms with van der Waals surface area (Å²) < 4.78 is 38.3. The number of aryl methyl sites for hydroxylation is 1. The highest BCUT2D eigenvalue weighted by molar-refractivity contribution is 7.92. The molecule has 178 valence electrons. The number of hydrogen-bond acceptors (Lipinski definition) is 6. The number of amides is 2. The van der Waals surface area contributed by atoms with E-state index in [0.29, 0.717) is 18.1 Å². The minimum Gasteiger partial charge on any atom is -0.493 e. The Bertz CT molecular complexity index is 1290. The molecule has 9 nitrogen and oxygen atoms in total. The van der Waals surface area contributed by atoms with Gasteiger partial charge < -0.3 is 9.47 Å². The summed E-state index contributed by atoms with van der Waals surface area (Å²) >= 11 is 0. The minimum absolute atomic E-state index is 0.103. The van der Waals surface area contributed by atoms with Crippen LogP contribution in [0.5, 0.6) is 11.5 Å². The number of carbonyl (C=O) groups excluding carboxylic acids is 2. The summed E-state index contributed by atoms with van der Waals surface area (Å²) in [4.78, 5) is 25.1. The molecule has 0 aliphatic heterocycles. The van der Waals surface area contributed by atoms with Crippen molar-refractivity contribution in [2.24, 2.45) is 0 Å². The Morgan fingerprint density at radius 2 is 1.50 bits per heavy atom. The van der Waals surface area contributed by atoms with E-state index in [-0.39, 0.29) is 21.7 Å². The number of nitrogens with one attached hydrogen (secondary N) is 3. The van der Waals surface area contributed by atoms with Crippen molar-refractivity contribution in [1.82, 2.24) is 10.9 Å². The average molecular weight is 484 g/mol. The number of ether oxygens (including phenoxy) is 2. The fraction of sp³-hybridized carbons (Fsp3) is 0.167. The van der Waals surface area contributed by atoms with Crippen LogP contribution in [-0.2, 0) is 10.0 Å². The van der Waals surface area contributed by atoms with Gasteiger partial charge in [-0.2, -0.15) is 0 Å². The third-order valence-corrected chi connectivity index (χ3v) is 6.12. The van der Waals surface area contributed by atoms with Crippen molar-refractivity contribution >= 4 is 27.5 Å². The zero-order valence-electron chi connectivity index (χ0n) is 18.9. The lowest BCUT2D eigenvalue weighted by atomic mass is 10.2. The Labute approximate surface area is 198 Å². The van der Waals surface area contributed by atoms with Gasteiger partial charge in [-0.05, 0) is 62.4 Å². The molecule has 3 rings (SSSR count). The van der Waals surface area contributed by atoms with Crippen LogP contribution < -0.4 is 25.0 Å². The molecule has 0 aliphatic carbocycles. The van der Waals surface area contributed by atoms with Gasteiger partial charge in [0.05, 0.1) is 18.6 Å². The number of rotatable bonds is 8. The number of methoxy groups -OCH3 is 1. The van der Waals surface area contributed by atoms with Gasteiger partial charge in [0.2, 0.25) is 0 Å². The normalized spacial score (nSPS) is 10.8. The van der Waals surface area contributed by atoms with E-state index in [9.17, 15) is 18.0 Å². The van der Waals surface area contributed by atoms with E-state index in [0.717, 1.165) is 5.56 Å². The Kier molecular flexibility index (Phi) is 7.75. The summed E-state index contributed by atoms with van der Waals surface area (Å²) in [5, 5.41) is 0. The van der Waals surface area contributed by atoms with Crippen LogP contribution >= 0.6 is 0 Å². The summed E-state index contributed by atoms with van der Waals surface area (Å²) in [6.07, 6.45) is 0. The maximum atomic E-state index is 12.6. The predicted molar refractivity (Wildman–Crippen MR) is 128 cm³/mol. The quantitative estimate of drug-likeness (QED) is 0.423. The highest BCUT2D eigenvalue weighted by Gasteiger charge is 2.16. The first-order chi connectivity index (χ1) is 16.2. The van der Waals surface area contributed by atoms with E-state index < -0.39 is 21.8 Å². The predicted octanol–water partition coefficient (Wildman–Crippen LogP) is 3.28. The monoisotopic (exact) mass is 483 g/mol. The SMILES string of the molecule is CCOc1ccc(C(=O)NNC(=O)c2cccc(NS(=O)(=O)c3ccc(C)cc3)c2)cc1OC. The lowest BCUT2D eigenvalue weighted by molar-refractivity contribution is 0.0846. The molecule has 3 aromatic carbocycles. The Morgan fingerprint density at radius 1 is 0.853 bits per heavy atom. The summed E-state index contributed by atoms with van der Waals surface area (Å²) in [5.41, 5.74) is 6.18. The van der Waals surface area contributed by atoms with Crippen molar-refractivity contribution in [3.8, 4) is 11.5 Å². The topological polar surface area (TPSA) is 123 Å². The molecule has 0 radical (unpaired) electrons. The summed E-state index contributed by atoms with van der Waals surface area (Å²) in [7, 11) is -2.36. The molecule has 0 atom stereocenters. The van der Waals surface area contributed by atoms with Crippen LogP contribution in [0.15, 0.2) is 71.6 Å². The van der Waals surface area contributed by atoms with E-state index >= 15 is 0 Å². The number of sulfonamides is 1. The van der Waals surface area contributed by atoms with Crippen molar-refractivity contribution in [3.05, 3.63) is 83.4 Å². The van der Waals surface area contributed by atoms with Crippen LogP contribution in [0.3, 0.4) is 0 Å². The molecule has 0 fully saturated rings. The van der Waals surface area contributed by atoms with Gasteiger partial charge in [-0.3, -0.25) is 25.2 Å². The molecule has 3 aromatic rings. The van der Waals surface area contributed by atoms with Crippen LogP contribution in [0.1, 0.15) is 33.2 Å². The zero-order valence-corrected chi connectivity index (χ0v) is 19.7. The fourth-order valence-corrected chi connectivity index (χ4v) is 4.05. The zero-order chi connectivity index (χ0) is 24.7. The van der Waals surface area contributed by atoms with Gasteiger partial charge in [0.15, 0.2) is 11.5 Å². The molecule has 0 saturated heterocycles. The average Bonchev–Trinajstić information content (AvgIpc) is 2.83. The fourth-order valence-electron chi connectivity index (χ4n) is 3.00. The van der Waals surface area contributed by atoms with Crippen LogP contribution in [0.4, 0.5) is 5.69 Å². The maximum Gasteiger partial charge on any atom is 0.269 e. The van der Waals surface area contributed by atoms with E-state index in [1.54, 1.807) is 18.2 Å². The molecule has 0 spiro atoms. The third-order valence-electron chi connectivity index (χ3n) is 4.72. The summed E-state index contributed by atoms with van der Waals surface area (Å²) in [6, 6.07) is 16.9. The van der Waals surface area contributed by atoms with Gasteiger partial charge in [-0.1, -0.05) is 23.8 Å². The number of benzene rings is 3. The lowest BCUT2D eigenvalue weighted by Gasteiger charge is -2.12. The van der Waals surface area contributed by atoms with Crippen LogP contribution in [-0.4, -0.2) is 33.9 Å². The number of carbonyl (C=O) groups is 2. The molecule has 0 bridgehead atoms. The molecule has 10 heteroatoms. The smallest absolute Gasteiger partial charge is 0.269 e. The summed E-state index contributed by atoms with van der Waals surface area (Å²) in [6.45, 7) is 4.13. The standard InChI is InChI=1S/C24H25N3O6S/c1-4-33-21-13-10-18(15-22(21)32-3)24(29)26-25-23(28)17-6-5-7-19(14-17)27-34(30,31)20-11-8-16(2)9-12-20/h5-15,27H,4H2,1-3H3,(H,25,28)(H,26,29). The molecule has 3 N–H and O–H groups in total. The van der Waals surface area contributed by atoms with Gasteiger partial charge in [-0.15, -0.1) is 0 Å². The van der Waals surface area contributed by atoms with Crippen molar-refractivity contribution < 1.29 is 27.5 Å². The first-order valence-electron chi connectivity index (χ1n) is 10.3. The third kappa shape index (κ3) is 6.04. The number of anilines is 1. The van der Waals surface area contributed by atoms with Crippen molar-refractivity contribution in [2.75, 3.05) is 18.4 Å². The van der Waals surface area contributed by atoms with Crippen molar-refractivity contribution in [2.45, 2.75) is 18.7 Å². The van der Waals surface area contributed by atoms with Gasteiger partial charge in [0.25, 0.3) is 21.8 Å². The second-order valence-corrected chi connectivity index (χ2v) is 8.89. The van der Waals surface area contributed by atoms with E-state index in [1.165, 1.54) is 55.6 Å². The molecule has 0 saturated carbocycles. The first-order valence-corrected chi connectivity index (χ1v) is 11.8. The van der Waals surface area contributed by atoms with Crippen LogP contribution in [0.25, 0.3) is 0 Å². The molecule has 0 unspecified atom stereocenters. The highest BCUT2D eigenvalue weighted by Crippen LogP contribution is 2.28. The van der Waals surface area contributed by atoms with Gasteiger partial charge >= 0.3 is 0 Å². The Hall–Kier alpha value is -4.05. The van der Waals surface area contributed by atoms with E-state index in [2.05, 4.69) is 15.6 Å². The molecule has 34 heavy (non-hydrogen) atoms. The van der Waals surface area contributed by atoms with Crippen LogP contribution in [0.2, 0.25) is 0 Å². The molecular weight excluding hydrogens is 458 g/mol. The largest absolute Gasteiger partial charge is 0.493 e. The Morgan fingerprint density at radius 3 is 2.12 bits per heavy atom. The summed E-state index contributed by atoms with van der Waals surface area (Å²) in [5.74, 6) is -0.307. The molecule has 0 aromatic heterocycles. The molecule has 0 heterocycles. The highest BCUT2D eigenvalue weighted by atomic mass is 32.2. The number of hydrazine groups is 1. The van der Waals surface area contributed by atoms with Crippen LogP contribution in [0, 0.1) is 6.92 Å².